The molecule has 1 aliphatic heterocycles. The highest BCUT2D eigenvalue weighted by atomic mass is 15.1. The van der Waals surface area contributed by atoms with Crippen LogP contribution in [0.3, 0.4) is 0 Å². The van der Waals surface area contributed by atoms with Crippen molar-refractivity contribution in [2.75, 3.05) is 13.6 Å². The molecule has 0 spiro atoms. The molecule has 3 atom stereocenters. The van der Waals surface area contributed by atoms with Crippen molar-refractivity contribution in [2.45, 2.75) is 43.6 Å². The fraction of sp³-hybridized carbons (Fsp3) is 0.458. The molecule has 0 radical (unpaired) electrons. The zero-order valence-corrected chi connectivity index (χ0v) is 15.6. The summed E-state index contributed by atoms with van der Waals surface area (Å²) in [7, 11) is 2.28. The molecule has 2 heteroatoms. The first-order valence-electron chi connectivity index (χ1n) is 9.95. The molecule has 26 heavy (non-hydrogen) atoms. The van der Waals surface area contributed by atoms with Crippen molar-refractivity contribution in [1.29, 1.82) is 5.26 Å². The molecule has 134 valence electrons. The van der Waals surface area contributed by atoms with Gasteiger partial charge in [-0.15, -0.1) is 0 Å². The summed E-state index contributed by atoms with van der Waals surface area (Å²) in [5.41, 5.74) is 1.73. The molecule has 2 aliphatic rings. The van der Waals surface area contributed by atoms with Gasteiger partial charge >= 0.3 is 0 Å². The molecule has 2 nitrogen and oxygen atoms in total. The average molecular weight is 345 g/mol. The summed E-state index contributed by atoms with van der Waals surface area (Å²) >= 11 is 0. The monoisotopic (exact) mass is 344 g/mol. The van der Waals surface area contributed by atoms with Crippen LogP contribution in [-0.4, -0.2) is 24.5 Å². The molecule has 2 aromatic rings. The standard InChI is InChI=1S/C24H28N2/c1-26-14-8-9-20-15-19(16-23(20)26)17-24(18-25,21-10-4-2-5-11-21)22-12-6-3-7-13-22/h2-7,10-13,19-20,23H,8-9,14-17H2,1H3/t19-,20?,23+/m1/s1. The molecular weight excluding hydrogens is 316 g/mol. The number of rotatable bonds is 4. The van der Waals surface area contributed by atoms with Gasteiger partial charge in [0.25, 0.3) is 0 Å². The van der Waals surface area contributed by atoms with Crippen molar-refractivity contribution < 1.29 is 0 Å². The Balaban J connectivity index is 1.68. The van der Waals surface area contributed by atoms with E-state index in [1.54, 1.807) is 0 Å². The Morgan fingerprint density at radius 2 is 1.62 bits per heavy atom. The minimum atomic E-state index is -0.542. The largest absolute Gasteiger partial charge is 0.303 e. The first-order valence-corrected chi connectivity index (χ1v) is 9.95. The third-order valence-electron chi connectivity index (χ3n) is 6.73. The van der Waals surface area contributed by atoms with Crippen LogP contribution in [-0.2, 0) is 5.41 Å². The van der Waals surface area contributed by atoms with Crippen molar-refractivity contribution in [3.8, 4) is 6.07 Å². The van der Waals surface area contributed by atoms with Crippen molar-refractivity contribution in [1.82, 2.24) is 4.90 Å². The minimum absolute atomic E-state index is 0.542. The zero-order valence-electron chi connectivity index (χ0n) is 15.6. The van der Waals surface area contributed by atoms with Crippen molar-refractivity contribution in [2.24, 2.45) is 11.8 Å². The van der Waals surface area contributed by atoms with Crippen molar-refractivity contribution >= 4 is 0 Å². The van der Waals surface area contributed by atoms with Gasteiger partial charge in [0.05, 0.1) is 6.07 Å². The van der Waals surface area contributed by atoms with Crippen LogP contribution in [0.4, 0.5) is 0 Å². The van der Waals surface area contributed by atoms with Gasteiger partial charge in [-0.1, -0.05) is 60.7 Å². The lowest BCUT2D eigenvalue weighted by atomic mass is 9.69. The molecule has 1 aliphatic carbocycles. The van der Waals surface area contributed by atoms with Gasteiger partial charge in [-0.05, 0) is 68.7 Å². The smallest absolute Gasteiger partial charge is 0.107 e. The van der Waals surface area contributed by atoms with Crippen molar-refractivity contribution in [3.05, 3.63) is 71.8 Å². The molecule has 1 saturated carbocycles. The third-order valence-corrected chi connectivity index (χ3v) is 6.73. The molecule has 2 aromatic carbocycles. The molecule has 0 amide bonds. The van der Waals surface area contributed by atoms with Crippen LogP contribution in [0.5, 0.6) is 0 Å². The van der Waals surface area contributed by atoms with E-state index in [2.05, 4.69) is 66.5 Å². The van der Waals surface area contributed by atoms with Crippen LogP contribution < -0.4 is 0 Å². The summed E-state index contributed by atoms with van der Waals surface area (Å²) in [6.45, 7) is 1.23. The van der Waals surface area contributed by atoms with Crippen LogP contribution >= 0.6 is 0 Å². The first kappa shape index (κ1) is 17.3. The fourth-order valence-electron chi connectivity index (χ4n) is 5.46. The highest BCUT2D eigenvalue weighted by Crippen LogP contribution is 2.47. The fourth-order valence-corrected chi connectivity index (χ4v) is 5.46. The van der Waals surface area contributed by atoms with E-state index in [1.165, 1.54) is 32.2 Å². The zero-order chi connectivity index (χ0) is 18.0. The number of likely N-dealkylation sites (tertiary alicyclic amines) is 1. The van der Waals surface area contributed by atoms with Gasteiger partial charge in [-0.3, -0.25) is 0 Å². The van der Waals surface area contributed by atoms with Gasteiger partial charge in [0, 0.05) is 6.04 Å². The van der Waals surface area contributed by atoms with Crippen LogP contribution in [0.25, 0.3) is 0 Å². The number of hydrogen-bond donors (Lipinski definition) is 0. The summed E-state index contributed by atoms with van der Waals surface area (Å²) < 4.78 is 0. The van der Waals surface area contributed by atoms with Gasteiger partial charge in [0.15, 0.2) is 0 Å². The molecule has 2 fully saturated rings. The number of piperidine rings is 1. The van der Waals surface area contributed by atoms with E-state index in [0.717, 1.165) is 29.5 Å². The Bertz CT molecular complexity index is 722. The summed E-state index contributed by atoms with van der Waals surface area (Å²) in [5.74, 6) is 1.44. The maximum absolute atomic E-state index is 10.4. The number of nitrogens with zero attached hydrogens (tertiary/aromatic N) is 2. The van der Waals surface area contributed by atoms with E-state index in [4.69, 9.17) is 0 Å². The molecule has 1 heterocycles. The Hall–Kier alpha value is -2.11. The lowest BCUT2D eigenvalue weighted by molar-refractivity contribution is 0.144. The SMILES string of the molecule is CN1CCCC2C[C@@H](CC(C#N)(c3ccccc3)c3ccccc3)C[C@@H]21. The lowest BCUT2D eigenvalue weighted by Crippen LogP contribution is -2.39. The molecule has 0 bridgehead atoms. The quantitative estimate of drug-likeness (QED) is 0.780. The topological polar surface area (TPSA) is 27.0 Å². The average Bonchev–Trinajstić information content (AvgIpc) is 3.11. The van der Waals surface area contributed by atoms with Crippen LogP contribution in [0, 0.1) is 23.2 Å². The predicted octanol–water partition coefficient (Wildman–Crippen LogP) is 5.01. The summed E-state index contributed by atoms with van der Waals surface area (Å²) in [5, 5.41) is 10.4. The maximum Gasteiger partial charge on any atom is 0.107 e. The summed E-state index contributed by atoms with van der Waals surface area (Å²) in [6, 6.07) is 24.3. The van der Waals surface area contributed by atoms with E-state index in [-0.39, 0.29) is 0 Å². The Kier molecular flexibility index (Phi) is 4.83. The van der Waals surface area contributed by atoms with Gasteiger partial charge < -0.3 is 4.90 Å². The third kappa shape index (κ3) is 3.06. The minimum Gasteiger partial charge on any atom is -0.303 e. The summed E-state index contributed by atoms with van der Waals surface area (Å²) in [4.78, 5) is 2.56. The molecule has 0 N–H and O–H groups in total. The number of benzene rings is 2. The molecule has 1 saturated heterocycles. The highest BCUT2D eigenvalue weighted by Gasteiger charge is 2.44. The van der Waals surface area contributed by atoms with Crippen LogP contribution in [0.2, 0.25) is 0 Å². The van der Waals surface area contributed by atoms with E-state index in [9.17, 15) is 5.26 Å². The van der Waals surface area contributed by atoms with Crippen LogP contribution in [0.15, 0.2) is 60.7 Å². The van der Waals surface area contributed by atoms with Crippen molar-refractivity contribution in [3.63, 3.8) is 0 Å². The van der Waals surface area contributed by atoms with Crippen LogP contribution in [0.1, 0.15) is 43.2 Å². The van der Waals surface area contributed by atoms with Gasteiger partial charge in [-0.25, -0.2) is 0 Å². The Morgan fingerprint density at radius 1 is 1.00 bits per heavy atom. The second kappa shape index (κ2) is 7.25. The Labute approximate surface area is 157 Å². The predicted molar refractivity (Wildman–Crippen MR) is 106 cm³/mol. The molecular formula is C24H28N2. The van der Waals surface area contributed by atoms with E-state index in [0.29, 0.717) is 5.92 Å². The second-order valence-electron chi connectivity index (χ2n) is 8.24. The lowest BCUT2D eigenvalue weighted by Gasteiger charge is -2.34. The first-order chi connectivity index (χ1) is 12.7. The second-order valence-corrected chi connectivity index (χ2v) is 8.24. The molecule has 1 unspecified atom stereocenters. The van der Waals surface area contributed by atoms with E-state index in [1.807, 2.05) is 12.1 Å². The summed E-state index contributed by atoms with van der Waals surface area (Å²) in [6.07, 6.45) is 6.13. The molecule has 4 rings (SSSR count). The van der Waals surface area contributed by atoms with Gasteiger partial charge in [-0.2, -0.15) is 5.26 Å². The number of hydrogen-bond acceptors (Lipinski definition) is 2. The van der Waals surface area contributed by atoms with E-state index < -0.39 is 5.41 Å². The van der Waals surface area contributed by atoms with Gasteiger partial charge in [0.2, 0.25) is 0 Å². The maximum atomic E-state index is 10.4. The molecule has 0 aromatic heterocycles. The van der Waals surface area contributed by atoms with E-state index >= 15 is 0 Å². The highest BCUT2D eigenvalue weighted by molar-refractivity contribution is 5.46. The normalized spacial score (nSPS) is 26.2. The number of fused-ring (bicyclic) bond motifs is 1. The number of nitriles is 1. The van der Waals surface area contributed by atoms with Gasteiger partial charge in [0.1, 0.15) is 5.41 Å². The Morgan fingerprint density at radius 3 is 2.15 bits per heavy atom.